The monoisotopic (exact) mass is 236 g/mol. The number of rotatable bonds is 2. The summed E-state index contributed by atoms with van der Waals surface area (Å²) in [6, 6.07) is 0. The Balaban J connectivity index is 1.50. The quantitative estimate of drug-likeness (QED) is 0.727. The Labute approximate surface area is 104 Å². The van der Waals surface area contributed by atoms with Crippen LogP contribution >= 0.6 is 0 Å². The average Bonchev–Trinajstić information content (AvgIpc) is 2.66. The van der Waals surface area contributed by atoms with Gasteiger partial charge in [0.1, 0.15) is 0 Å². The highest BCUT2D eigenvalue weighted by Gasteiger charge is 2.50. The Hall–Kier alpha value is -0.570. The van der Waals surface area contributed by atoms with Crippen molar-refractivity contribution in [3.63, 3.8) is 0 Å². The van der Waals surface area contributed by atoms with E-state index in [0.717, 1.165) is 38.4 Å². The van der Waals surface area contributed by atoms with Crippen LogP contribution in [0.3, 0.4) is 0 Å². The van der Waals surface area contributed by atoms with Gasteiger partial charge in [-0.15, -0.1) is 0 Å². The minimum absolute atomic E-state index is 0.367. The highest BCUT2D eigenvalue weighted by Crippen LogP contribution is 2.42. The number of nitrogens with zero attached hydrogens (tertiary/aromatic N) is 2. The van der Waals surface area contributed by atoms with E-state index < -0.39 is 0 Å². The fraction of sp³-hybridized carbons (Fsp3) is 0.929. The number of amides is 1. The van der Waals surface area contributed by atoms with Crippen molar-refractivity contribution >= 4 is 5.91 Å². The van der Waals surface area contributed by atoms with Crippen molar-refractivity contribution in [3.05, 3.63) is 0 Å². The molecular weight excluding hydrogens is 212 g/mol. The highest BCUT2D eigenvalue weighted by atomic mass is 16.2. The summed E-state index contributed by atoms with van der Waals surface area (Å²) in [6.07, 6.45) is 3.55. The molecule has 2 heterocycles. The summed E-state index contributed by atoms with van der Waals surface area (Å²) in [5.41, 5.74) is 0.473. The zero-order valence-corrected chi connectivity index (χ0v) is 11.1. The van der Waals surface area contributed by atoms with E-state index in [1.165, 1.54) is 19.5 Å². The molecule has 0 aromatic rings. The minimum Gasteiger partial charge on any atom is -0.341 e. The summed E-state index contributed by atoms with van der Waals surface area (Å²) in [6.45, 7) is 10.2. The fourth-order valence-electron chi connectivity index (χ4n) is 3.84. The SMILES string of the molecule is CCN1CCC2(C1)CN(C(=O)C1CC(C)C1)C2. The zero-order valence-electron chi connectivity index (χ0n) is 11.1. The first-order valence-corrected chi connectivity index (χ1v) is 7.13. The summed E-state index contributed by atoms with van der Waals surface area (Å²) in [4.78, 5) is 16.8. The van der Waals surface area contributed by atoms with Gasteiger partial charge in [0, 0.05) is 31.0 Å². The lowest BCUT2D eigenvalue weighted by molar-refractivity contribution is -0.151. The second-order valence-electron chi connectivity index (χ2n) is 6.59. The number of carbonyl (C=O) groups excluding carboxylic acids is 1. The van der Waals surface area contributed by atoms with Crippen LogP contribution in [-0.4, -0.2) is 48.4 Å². The van der Waals surface area contributed by atoms with Crippen LogP contribution in [0.1, 0.15) is 33.1 Å². The molecule has 17 heavy (non-hydrogen) atoms. The predicted molar refractivity (Wildman–Crippen MR) is 67.6 cm³/mol. The summed E-state index contributed by atoms with van der Waals surface area (Å²) in [5.74, 6) is 1.59. The van der Waals surface area contributed by atoms with Gasteiger partial charge in [-0.3, -0.25) is 4.79 Å². The van der Waals surface area contributed by atoms with Crippen LogP contribution in [0, 0.1) is 17.3 Å². The van der Waals surface area contributed by atoms with Gasteiger partial charge in [-0.2, -0.15) is 0 Å². The number of likely N-dealkylation sites (tertiary alicyclic amines) is 2. The lowest BCUT2D eigenvalue weighted by Crippen LogP contribution is -2.61. The van der Waals surface area contributed by atoms with Crippen molar-refractivity contribution in [2.24, 2.45) is 17.3 Å². The zero-order chi connectivity index (χ0) is 12.0. The van der Waals surface area contributed by atoms with Crippen molar-refractivity contribution in [2.45, 2.75) is 33.1 Å². The Morgan fingerprint density at radius 1 is 1.29 bits per heavy atom. The van der Waals surface area contributed by atoms with Crippen LogP contribution in [0.15, 0.2) is 0 Å². The summed E-state index contributed by atoms with van der Waals surface area (Å²) >= 11 is 0. The topological polar surface area (TPSA) is 23.6 Å². The van der Waals surface area contributed by atoms with Gasteiger partial charge in [0.05, 0.1) is 0 Å². The molecule has 2 aliphatic heterocycles. The number of hydrogen-bond donors (Lipinski definition) is 0. The van der Waals surface area contributed by atoms with Gasteiger partial charge < -0.3 is 9.80 Å². The molecule has 3 rings (SSSR count). The Morgan fingerprint density at radius 3 is 2.53 bits per heavy atom. The van der Waals surface area contributed by atoms with E-state index in [0.29, 0.717) is 17.2 Å². The third-order valence-corrected chi connectivity index (χ3v) is 5.05. The summed E-state index contributed by atoms with van der Waals surface area (Å²) in [7, 11) is 0. The third-order valence-electron chi connectivity index (χ3n) is 5.05. The predicted octanol–water partition coefficient (Wildman–Crippen LogP) is 1.59. The molecule has 1 aliphatic carbocycles. The molecule has 0 N–H and O–H groups in total. The maximum Gasteiger partial charge on any atom is 0.225 e. The second-order valence-corrected chi connectivity index (χ2v) is 6.59. The molecule has 0 aromatic heterocycles. The maximum absolute atomic E-state index is 12.2. The molecule has 3 nitrogen and oxygen atoms in total. The first kappa shape index (κ1) is 11.5. The van der Waals surface area contributed by atoms with Crippen molar-refractivity contribution in [1.29, 1.82) is 0 Å². The largest absolute Gasteiger partial charge is 0.341 e. The number of hydrogen-bond acceptors (Lipinski definition) is 2. The Bertz CT molecular complexity index is 316. The van der Waals surface area contributed by atoms with Crippen LogP contribution in [0.25, 0.3) is 0 Å². The second kappa shape index (κ2) is 3.98. The highest BCUT2D eigenvalue weighted by molar-refractivity contribution is 5.80. The molecule has 0 atom stereocenters. The van der Waals surface area contributed by atoms with Gasteiger partial charge in [-0.25, -0.2) is 0 Å². The molecule has 96 valence electrons. The van der Waals surface area contributed by atoms with E-state index >= 15 is 0 Å². The van der Waals surface area contributed by atoms with E-state index in [1.54, 1.807) is 0 Å². The van der Waals surface area contributed by atoms with E-state index in [1.807, 2.05) is 0 Å². The lowest BCUT2D eigenvalue weighted by Gasteiger charge is -2.50. The smallest absolute Gasteiger partial charge is 0.225 e. The van der Waals surface area contributed by atoms with Crippen molar-refractivity contribution in [1.82, 2.24) is 9.80 Å². The first-order valence-electron chi connectivity index (χ1n) is 7.13. The molecule has 3 fully saturated rings. The van der Waals surface area contributed by atoms with Crippen LogP contribution in [0.5, 0.6) is 0 Å². The molecule has 3 aliphatic rings. The van der Waals surface area contributed by atoms with Gasteiger partial charge in [-0.05, 0) is 38.3 Å². The van der Waals surface area contributed by atoms with Crippen LogP contribution in [0.2, 0.25) is 0 Å². The van der Waals surface area contributed by atoms with Crippen LogP contribution < -0.4 is 0 Å². The molecule has 0 unspecified atom stereocenters. The molecule has 0 bridgehead atoms. The molecule has 0 radical (unpaired) electrons. The van der Waals surface area contributed by atoms with Crippen molar-refractivity contribution < 1.29 is 4.79 Å². The molecular formula is C14H24N2O. The molecule has 0 aromatic carbocycles. The van der Waals surface area contributed by atoms with Crippen LogP contribution in [-0.2, 0) is 4.79 Å². The van der Waals surface area contributed by atoms with Gasteiger partial charge in [0.25, 0.3) is 0 Å². The van der Waals surface area contributed by atoms with E-state index in [9.17, 15) is 4.79 Å². The fourth-order valence-corrected chi connectivity index (χ4v) is 3.84. The minimum atomic E-state index is 0.367. The first-order chi connectivity index (χ1) is 8.12. The number of carbonyl (C=O) groups is 1. The van der Waals surface area contributed by atoms with Gasteiger partial charge in [-0.1, -0.05) is 13.8 Å². The lowest BCUT2D eigenvalue weighted by atomic mass is 9.72. The summed E-state index contributed by atoms with van der Waals surface area (Å²) in [5, 5.41) is 0. The third kappa shape index (κ3) is 1.88. The van der Waals surface area contributed by atoms with Gasteiger partial charge >= 0.3 is 0 Å². The normalized spacial score (nSPS) is 35.8. The van der Waals surface area contributed by atoms with Crippen LogP contribution in [0.4, 0.5) is 0 Å². The standard InChI is InChI=1S/C14H24N2O/c1-3-15-5-4-14(8-15)9-16(10-14)13(17)12-6-11(2)7-12/h11-12H,3-10H2,1-2H3. The maximum atomic E-state index is 12.2. The van der Waals surface area contributed by atoms with Gasteiger partial charge in [0.15, 0.2) is 0 Å². The molecule has 1 spiro atoms. The van der Waals surface area contributed by atoms with Crippen molar-refractivity contribution in [3.8, 4) is 0 Å². The average molecular weight is 236 g/mol. The Morgan fingerprint density at radius 2 is 2.00 bits per heavy atom. The van der Waals surface area contributed by atoms with E-state index in [4.69, 9.17) is 0 Å². The summed E-state index contributed by atoms with van der Waals surface area (Å²) < 4.78 is 0. The Kier molecular flexibility index (Phi) is 2.69. The molecule has 3 heteroatoms. The van der Waals surface area contributed by atoms with Gasteiger partial charge in [0.2, 0.25) is 5.91 Å². The molecule has 1 saturated carbocycles. The van der Waals surface area contributed by atoms with E-state index in [-0.39, 0.29) is 0 Å². The van der Waals surface area contributed by atoms with Crippen molar-refractivity contribution in [2.75, 3.05) is 32.7 Å². The molecule has 1 amide bonds. The molecule has 2 saturated heterocycles. The van der Waals surface area contributed by atoms with E-state index in [2.05, 4.69) is 23.6 Å².